The number of unbranched alkanes of at least 4 members (excludes halogenated alkanes) is 4. The van der Waals surface area contributed by atoms with E-state index in [1.54, 1.807) is 18.2 Å². The van der Waals surface area contributed by atoms with Gasteiger partial charge in [0.1, 0.15) is 6.07 Å². The summed E-state index contributed by atoms with van der Waals surface area (Å²) in [4.78, 5) is 12.4. The van der Waals surface area contributed by atoms with Crippen LogP contribution in [0.2, 0.25) is 0 Å². The lowest BCUT2D eigenvalue weighted by atomic mass is 9.82. The smallest absolute Gasteiger partial charge is 0.343 e. The zero-order valence-corrected chi connectivity index (χ0v) is 19.1. The number of nitriles is 1. The van der Waals surface area contributed by atoms with Crippen molar-refractivity contribution >= 4 is 5.97 Å². The fraction of sp³-hybridized carbons (Fsp3) is 0.481. The maximum atomic E-state index is 14.0. The van der Waals surface area contributed by atoms with Gasteiger partial charge in [0, 0.05) is 6.61 Å². The summed E-state index contributed by atoms with van der Waals surface area (Å²) < 4.78 is 38.8. The average Bonchev–Trinajstić information content (AvgIpc) is 2.85. The number of benzene rings is 2. The quantitative estimate of drug-likeness (QED) is 0.218. The molecule has 1 fully saturated rings. The van der Waals surface area contributed by atoms with Crippen LogP contribution in [0, 0.1) is 23.0 Å². The van der Waals surface area contributed by atoms with E-state index < -0.39 is 28.9 Å². The summed E-state index contributed by atoms with van der Waals surface area (Å²) in [5.74, 6) is -3.57. The SMILES string of the molecule is CCCCCCCOC1CCC(c2ccc(C(=O)Oc3ccc(C#N)c(F)c3F)cc2)CC1. The highest BCUT2D eigenvalue weighted by Gasteiger charge is 2.23. The molecule has 0 unspecified atom stereocenters. The van der Waals surface area contributed by atoms with E-state index in [2.05, 4.69) is 6.92 Å². The highest BCUT2D eigenvalue weighted by Crippen LogP contribution is 2.34. The zero-order chi connectivity index (χ0) is 23.6. The lowest BCUT2D eigenvalue weighted by Crippen LogP contribution is -2.21. The maximum absolute atomic E-state index is 14.0. The van der Waals surface area contributed by atoms with Gasteiger partial charge in [-0.05, 0) is 67.9 Å². The normalized spacial score (nSPS) is 18.0. The second-order valence-corrected chi connectivity index (χ2v) is 8.62. The van der Waals surface area contributed by atoms with Crippen LogP contribution in [0.5, 0.6) is 5.75 Å². The van der Waals surface area contributed by atoms with Gasteiger partial charge >= 0.3 is 5.97 Å². The zero-order valence-electron chi connectivity index (χ0n) is 19.1. The average molecular weight is 456 g/mol. The van der Waals surface area contributed by atoms with Gasteiger partial charge in [0.2, 0.25) is 5.82 Å². The molecule has 0 saturated heterocycles. The topological polar surface area (TPSA) is 59.3 Å². The molecule has 0 bridgehead atoms. The van der Waals surface area contributed by atoms with Crippen LogP contribution in [-0.4, -0.2) is 18.7 Å². The molecular formula is C27H31F2NO3. The number of nitrogens with zero attached hydrogens (tertiary/aromatic N) is 1. The highest BCUT2D eigenvalue weighted by atomic mass is 19.2. The van der Waals surface area contributed by atoms with Crippen molar-refractivity contribution in [3.8, 4) is 11.8 Å². The number of halogens is 2. The van der Waals surface area contributed by atoms with Gasteiger partial charge in [-0.15, -0.1) is 0 Å². The standard InChI is InChI=1S/C27H31F2NO3/c1-2-3-4-5-6-17-32-23-14-11-20(12-15-23)19-7-9-21(10-8-19)27(31)33-24-16-13-22(18-30)25(28)26(24)29/h7-10,13,16,20,23H,2-6,11-12,14-15,17H2,1H3. The van der Waals surface area contributed by atoms with E-state index in [4.69, 9.17) is 14.7 Å². The summed E-state index contributed by atoms with van der Waals surface area (Å²) in [5, 5.41) is 8.74. The van der Waals surface area contributed by atoms with Crippen molar-refractivity contribution in [3.05, 3.63) is 64.7 Å². The number of hydrogen-bond donors (Lipinski definition) is 0. The molecule has 4 nitrogen and oxygen atoms in total. The van der Waals surface area contributed by atoms with Crippen molar-refractivity contribution in [2.24, 2.45) is 0 Å². The minimum absolute atomic E-state index is 0.253. The Labute approximate surface area is 194 Å². The first-order valence-corrected chi connectivity index (χ1v) is 11.8. The number of ether oxygens (including phenoxy) is 2. The third kappa shape index (κ3) is 6.85. The Kier molecular flexibility index (Phi) is 9.38. The second-order valence-electron chi connectivity index (χ2n) is 8.62. The van der Waals surface area contributed by atoms with Crippen molar-refractivity contribution in [1.29, 1.82) is 5.26 Å². The summed E-state index contributed by atoms with van der Waals surface area (Å²) in [5.41, 5.74) is 0.965. The van der Waals surface area contributed by atoms with Crippen molar-refractivity contribution in [2.75, 3.05) is 6.61 Å². The molecule has 0 N–H and O–H groups in total. The molecule has 176 valence electrons. The van der Waals surface area contributed by atoms with Gasteiger partial charge in [-0.25, -0.2) is 9.18 Å². The Morgan fingerprint density at radius 1 is 0.970 bits per heavy atom. The molecular weight excluding hydrogens is 424 g/mol. The van der Waals surface area contributed by atoms with Gasteiger partial charge < -0.3 is 9.47 Å². The van der Waals surface area contributed by atoms with Crippen molar-refractivity contribution in [2.45, 2.75) is 76.7 Å². The predicted molar refractivity (Wildman–Crippen MR) is 122 cm³/mol. The molecule has 0 spiro atoms. The van der Waals surface area contributed by atoms with E-state index in [-0.39, 0.29) is 5.56 Å². The van der Waals surface area contributed by atoms with Gasteiger partial charge in [-0.3, -0.25) is 0 Å². The molecule has 0 radical (unpaired) electrons. The lowest BCUT2D eigenvalue weighted by Gasteiger charge is -2.29. The predicted octanol–water partition coefficient (Wildman–Crippen LogP) is 7.07. The van der Waals surface area contributed by atoms with Crippen molar-refractivity contribution < 1.29 is 23.0 Å². The third-order valence-corrected chi connectivity index (χ3v) is 6.26. The Hall–Kier alpha value is -2.78. The fourth-order valence-electron chi connectivity index (χ4n) is 4.27. The first-order chi connectivity index (χ1) is 16.0. The molecule has 0 heterocycles. The van der Waals surface area contributed by atoms with Crippen LogP contribution in [0.4, 0.5) is 8.78 Å². The monoisotopic (exact) mass is 455 g/mol. The Morgan fingerprint density at radius 2 is 1.67 bits per heavy atom. The summed E-state index contributed by atoms with van der Waals surface area (Å²) in [6.07, 6.45) is 10.7. The van der Waals surface area contributed by atoms with Crippen LogP contribution in [0.1, 0.15) is 92.1 Å². The fourth-order valence-corrected chi connectivity index (χ4v) is 4.27. The van der Waals surface area contributed by atoms with E-state index in [1.165, 1.54) is 25.7 Å². The Balaban J connectivity index is 1.47. The van der Waals surface area contributed by atoms with Crippen molar-refractivity contribution in [3.63, 3.8) is 0 Å². The number of esters is 1. The summed E-state index contributed by atoms with van der Waals surface area (Å²) >= 11 is 0. The lowest BCUT2D eigenvalue weighted by molar-refractivity contribution is 0.0226. The van der Waals surface area contributed by atoms with E-state index in [9.17, 15) is 13.6 Å². The van der Waals surface area contributed by atoms with Crippen LogP contribution in [0.15, 0.2) is 36.4 Å². The molecule has 33 heavy (non-hydrogen) atoms. The van der Waals surface area contributed by atoms with Crippen molar-refractivity contribution in [1.82, 2.24) is 0 Å². The molecule has 0 atom stereocenters. The molecule has 6 heteroatoms. The molecule has 2 aromatic carbocycles. The largest absolute Gasteiger partial charge is 0.420 e. The van der Waals surface area contributed by atoms with Crippen LogP contribution in [0.3, 0.4) is 0 Å². The third-order valence-electron chi connectivity index (χ3n) is 6.26. The van der Waals surface area contributed by atoms with Crippen LogP contribution < -0.4 is 4.74 Å². The number of hydrogen-bond acceptors (Lipinski definition) is 4. The molecule has 1 saturated carbocycles. The minimum Gasteiger partial charge on any atom is -0.420 e. The minimum atomic E-state index is -1.35. The highest BCUT2D eigenvalue weighted by molar-refractivity contribution is 5.91. The van der Waals surface area contributed by atoms with E-state index in [0.717, 1.165) is 56.4 Å². The van der Waals surface area contributed by atoms with Gasteiger partial charge in [0.15, 0.2) is 11.6 Å². The van der Waals surface area contributed by atoms with Crippen LogP contribution in [0.25, 0.3) is 0 Å². The molecule has 0 amide bonds. The van der Waals surface area contributed by atoms with Gasteiger partial charge in [0.05, 0.1) is 17.2 Å². The maximum Gasteiger partial charge on any atom is 0.343 e. The number of carbonyl (C=O) groups excluding carboxylic acids is 1. The molecule has 2 aromatic rings. The second kappa shape index (κ2) is 12.5. The van der Waals surface area contributed by atoms with Crippen LogP contribution in [-0.2, 0) is 4.74 Å². The van der Waals surface area contributed by atoms with Gasteiger partial charge in [0.25, 0.3) is 0 Å². The molecule has 1 aliphatic carbocycles. The van der Waals surface area contributed by atoms with E-state index >= 15 is 0 Å². The first kappa shape index (κ1) is 24.9. The van der Waals surface area contributed by atoms with E-state index in [0.29, 0.717) is 12.0 Å². The number of rotatable bonds is 10. The molecule has 0 aromatic heterocycles. The molecule has 1 aliphatic rings. The van der Waals surface area contributed by atoms with E-state index in [1.807, 2.05) is 12.1 Å². The summed E-state index contributed by atoms with van der Waals surface area (Å²) in [6.45, 7) is 3.06. The van der Waals surface area contributed by atoms with Gasteiger partial charge in [-0.2, -0.15) is 9.65 Å². The van der Waals surface area contributed by atoms with Crippen LogP contribution >= 0.6 is 0 Å². The Morgan fingerprint density at radius 3 is 2.33 bits per heavy atom. The molecule has 3 rings (SSSR count). The summed E-state index contributed by atoms with van der Waals surface area (Å²) in [6, 6.07) is 10.8. The summed E-state index contributed by atoms with van der Waals surface area (Å²) in [7, 11) is 0. The van der Waals surface area contributed by atoms with Gasteiger partial charge in [-0.1, -0.05) is 44.7 Å². The molecule has 0 aliphatic heterocycles. The Bertz CT molecular complexity index is 961. The number of carbonyl (C=O) groups is 1. The first-order valence-electron chi connectivity index (χ1n) is 11.8.